The normalized spacial score (nSPS) is 13.8. The zero-order valence-electron chi connectivity index (χ0n) is 14.0. The predicted octanol–water partition coefficient (Wildman–Crippen LogP) is 2.96. The van der Waals surface area contributed by atoms with E-state index in [1.807, 2.05) is 14.1 Å². The molecule has 1 aromatic heterocycles. The largest absolute Gasteiger partial charge is 0.328 e. The van der Waals surface area contributed by atoms with Crippen LogP contribution in [-0.4, -0.2) is 15.7 Å². The Hall–Kier alpha value is -1.55. The monoisotopic (exact) mass is 289 g/mol. The molecule has 2 aromatic rings. The van der Waals surface area contributed by atoms with Gasteiger partial charge < -0.3 is 5.32 Å². The number of nitrogens with zero attached hydrogens (tertiary/aromatic N) is 2. The molecule has 1 heterocycles. The highest BCUT2D eigenvalue weighted by Crippen LogP contribution is 2.30. The van der Waals surface area contributed by atoms with Crippen LogP contribution in [0.25, 0.3) is 11.0 Å². The van der Waals surface area contributed by atoms with Crippen molar-refractivity contribution < 1.29 is 0 Å². The average Bonchev–Trinajstić information content (AvgIpc) is 2.62. The van der Waals surface area contributed by atoms with Crippen molar-refractivity contribution in [2.24, 2.45) is 19.5 Å². The molecule has 21 heavy (non-hydrogen) atoms. The van der Waals surface area contributed by atoms with Gasteiger partial charge in [0.2, 0.25) is 0 Å². The van der Waals surface area contributed by atoms with E-state index in [0.29, 0.717) is 6.04 Å². The number of hydrogen-bond donors (Lipinski definition) is 1. The highest BCUT2D eigenvalue weighted by atomic mass is 16.1. The van der Waals surface area contributed by atoms with Crippen molar-refractivity contribution >= 4 is 11.0 Å². The van der Waals surface area contributed by atoms with Crippen LogP contribution in [0.3, 0.4) is 0 Å². The minimum atomic E-state index is 0.0259. The minimum absolute atomic E-state index is 0.0259. The Morgan fingerprint density at radius 1 is 1.14 bits per heavy atom. The molecule has 0 aliphatic carbocycles. The Kier molecular flexibility index (Phi) is 4.28. The smallest absolute Gasteiger partial charge is 0.310 e. The average molecular weight is 289 g/mol. The van der Waals surface area contributed by atoms with Crippen LogP contribution in [0.5, 0.6) is 0 Å². The third-order valence-electron chi connectivity index (χ3n) is 3.97. The Morgan fingerprint density at radius 3 is 2.33 bits per heavy atom. The van der Waals surface area contributed by atoms with Gasteiger partial charge in [-0.15, -0.1) is 0 Å². The fraction of sp³-hybridized carbons (Fsp3) is 0.588. The third kappa shape index (κ3) is 3.21. The highest BCUT2D eigenvalue weighted by molar-refractivity contribution is 5.77. The Balaban J connectivity index is 2.49. The van der Waals surface area contributed by atoms with Crippen LogP contribution in [0.1, 0.15) is 45.7 Å². The van der Waals surface area contributed by atoms with E-state index in [0.717, 1.165) is 24.0 Å². The second-order valence-electron chi connectivity index (χ2n) is 7.02. The van der Waals surface area contributed by atoms with Crippen molar-refractivity contribution in [3.63, 3.8) is 0 Å². The standard InChI is InChI=1S/C17H27N3O/c1-7-18-13(11-17(2,3)4)12-8-9-14-15(10-12)20(6)16(21)19(14)5/h8-10,13,18H,7,11H2,1-6H3. The fourth-order valence-corrected chi connectivity index (χ4v) is 2.91. The Labute approximate surface area is 126 Å². The van der Waals surface area contributed by atoms with Crippen molar-refractivity contribution in [2.75, 3.05) is 6.54 Å². The summed E-state index contributed by atoms with van der Waals surface area (Å²) in [6.07, 6.45) is 1.06. The lowest BCUT2D eigenvalue weighted by Crippen LogP contribution is -2.25. The molecule has 116 valence electrons. The van der Waals surface area contributed by atoms with E-state index >= 15 is 0 Å². The lowest BCUT2D eigenvalue weighted by molar-refractivity contribution is 0.314. The maximum absolute atomic E-state index is 12.0. The molecule has 0 aliphatic rings. The Bertz CT molecular complexity index is 688. The van der Waals surface area contributed by atoms with Gasteiger partial charge in [0.05, 0.1) is 11.0 Å². The van der Waals surface area contributed by atoms with Crippen LogP contribution in [0.2, 0.25) is 0 Å². The van der Waals surface area contributed by atoms with Crippen LogP contribution in [0.15, 0.2) is 23.0 Å². The molecule has 0 saturated heterocycles. The summed E-state index contributed by atoms with van der Waals surface area (Å²) in [5.74, 6) is 0. The summed E-state index contributed by atoms with van der Waals surface area (Å²) in [5.41, 5.74) is 3.51. The molecule has 4 heteroatoms. The van der Waals surface area contributed by atoms with Crippen LogP contribution >= 0.6 is 0 Å². The summed E-state index contributed by atoms with van der Waals surface area (Å²) in [4.78, 5) is 12.0. The van der Waals surface area contributed by atoms with Gasteiger partial charge in [-0.05, 0) is 36.1 Å². The second-order valence-corrected chi connectivity index (χ2v) is 7.02. The molecule has 0 amide bonds. The summed E-state index contributed by atoms with van der Waals surface area (Å²) >= 11 is 0. The van der Waals surface area contributed by atoms with Crippen LogP contribution < -0.4 is 11.0 Å². The van der Waals surface area contributed by atoms with Gasteiger partial charge in [0, 0.05) is 20.1 Å². The fourth-order valence-electron chi connectivity index (χ4n) is 2.91. The van der Waals surface area contributed by atoms with Gasteiger partial charge in [-0.2, -0.15) is 0 Å². The van der Waals surface area contributed by atoms with Crippen molar-refractivity contribution in [3.05, 3.63) is 34.2 Å². The van der Waals surface area contributed by atoms with Crippen molar-refractivity contribution in [2.45, 2.75) is 40.2 Å². The first-order chi connectivity index (χ1) is 9.74. The van der Waals surface area contributed by atoms with Gasteiger partial charge >= 0.3 is 5.69 Å². The number of aromatic nitrogens is 2. The number of nitrogens with one attached hydrogen (secondary N) is 1. The first-order valence-corrected chi connectivity index (χ1v) is 7.63. The number of aryl methyl sites for hydroxylation is 2. The van der Waals surface area contributed by atoms with Gasteiger partial charge in [0.15, 0.2) is 0 Å². The maximum Gasteiger partial charge on any atom is 0.328 e. The predicted molar refractivity (Wildman–Crippen MR) is 88.6 cm³/mol. The molecule has 0 fully saturated rings. The number of imidazole rings is 1. The summed E-state index contributed by atoms with van der Waals surface area (Å²) in [5, 5.41) is 3.57. The summed E-state index contributed by atoms with van der Waals surface area (Å²) in [7, 11) is 3.65. The molecular weight excluding hydrogens is 262 g/mol. The number of hydrogen-bond acceptors (Lipinski definition) is 2. The van der Waals surface area contributed by atoms with Crippen LogP contribution in [-0.2, 0) is 14.1 Å². The van der Waals surface area contributed by atoms with Gasteiger partial charge in [-0.1, -0.05) is 33.8 Å². The van der Waals surface area contributed by atoms with E-state index < -0.39 is 0 Å². The van der Waals surface area contributed by atoms with Crippen LogP contribution in [0.4, 0.5) is 0 Å². The van der Waals surface area contributed by atoms with Crippen LogP contribution in [0, 0.1) is 5.41 Å². The topological polar surface area (TPSA) is 39.0 Å². The van der Waals surface area contributed by atoms with Gasteiger partial charge in [-0.25, -0.2) is 4.79 Å². The van der Waals surface area contributed by atoms with E-state index in [-0.39, 0.29) is 11.1 Å². The zero-order valence-corrected chi connectivity index (χ0v) is 14.0. The van der Waals surface area contributed by atoms with Gasteiger partial charge in [0.25, 0.3) is 0 Å². The summed E-state index contributed by atoms with van der Waals surface area (Å²) in [6.45, 7) is 9.84. The first-order valence-electron chi connectivity index (χ1n) is 7.63. The number of fused-ring (bicyclic) bond motifs is 1. The van der Waals surface area contributed by atoms with Crippen molar-refractivity contribution in [1.82, 2.24) is 14.5 Å². The van der Waals surface area contributed by atoms with E-state index in [9.17, 15) is 4.79 Å². The van der Waals surface area contributed by atoms with Crippen molar-refractivity contribution in [1.29, 1.82) is 0 Å². The Morgan fingerprint density at radius 2 is 1.76 bits per heavy atom. The van der Waals surface area contributed by atoms with E-state index in [1.165, 1.54) is 5.56 Å². The lowest BCUT2D eigenvalue weighted by Gasteiger charge is -2.27. The lowest BCUT2D eigenvalue weighted by atomic mass is 9.85. The molecule has 1 atom stereocenters. The quantitative estimate of drug-likeness (QED) is 0.940. The molecule has 0 radical (unpaired) electrons. The molecule has 0 saturated carbocycles. The van der Waals surface area contributed by atoms with Gasteiger partial charge in [-0.3, -0.25) is 9.13 Å². The third-order valence-corrected chi connectivity index (χ3v) is 3.97. The van der Waals surface area contributed by atoms with Gasteiger partial charge in [0.1, 0.15) is 0 Å². The molecule has 0 aliphatic heterocycles. The molecule has 0 spiro atoms. The van der Waals surface area contributed by atoms with E-state index in [1.54, 1.807) is 9.13 Å². The second kappa shape index (κ2) is 5.68. The number of benzene rings is 1. The van der Waals surface area contributed by atoms with Crippen molar-refractivity contribution in [3.8, 4) is 0 Å². The van der Waals surface area contributed by atoms with E-state index in [4.69, 9.17) is 0 Å². The summed E-state index contributed by atoms with van der Waals surface area (Å²) < 4.78 is 3.42. The number of rotatable bonds is 4. The SMILES string of the molecule is CCNC(CC(C)(C)C)c1ccc2c(c1)n(C)c(=O)n2C. The molecule has 4 nitrogen and oxygen atoms in total. The molecule has 0 bridgehead atoms. The van der Waals surface area contributed by atoms with E-state index in [2.05, 4.69) is 51.2 Å². The molecule has 1 aromatic carbocycles. The summed E-state index contributed by atoms with van der Waals surface area (Å²) in [6, 6.07) is 6.66. The molecular formula is C17H27N3O. The maximum atomic E-state index is 12.0. The first kappa shape index (κ1) is 15.8. The molecule has 1 N–H and O–H groups in total. The minimum Gasteiger partial charge on any atom is -0.310 e. The molecule has 2 rings (SSSR count). The zero-order chi connectivity index (χ0) is 15.8. The highest BCUT2D eigenvalue weighted by Gasteiger charge is 2.20. The molecule has 1 unspecified atom stereocenters.